The molecule has 0 heterocycles. The van der Waals surface area contributed by atoms with Gasteiger partial charge in [-0.2, -0.15) is 5.26 Å². The first kappa shape index (κ1) is 17.2. The van der Waals surface area contributed by atoms with E-state index < -0.39 is 0 Å². The zero-order valence-electron chi connectivity index (χ0n) is 13.7. The number of hydrogen-bond donors (Lipinski definition) is 1. The Hall–Kier alpha value is -3.13. The van der Waals surface area contributed by atoms with Gasteiger partial charge in [0.1, 0.15) is 6.54 Å². The van der Waals surface area contributed by atoms with Crippen molar-refractivity contribution >= 4 is 17.5 Å². The predicted octanol–water partition coefficient (Wildman–Crippen LogP) is 2.85. The van der Waals surface area contributed by atoms with Crippen LogP contribution in [0.1, 0.15) is 23.6 Å². The van der Waals surface area contributed by atoms with E-state index in [4.69, 9.17) is 5.26 Å². The minimum absolute atomic E-state index is 0.0412. The fourth-order valence-electron chi connectivity index (χ4n) is 2.31. The Morgan fingerprint density at radius 2 is 1.92 bits per heavy atom. The van der Waals surface area contributed by atoms with Crippen molar-refractivity contribution in [3.05, 3.63) is 65.2 Å². The van der Waals surface area contributed by atoms with E-state index in [2.05, 4.69) is 5.32 Å². The van der Waals surface area contributed by atoms with Crippen LogP contribution in [0.15, 0.2) is 48.5 Å². The van der Waals surface area contributed by atoms with Crippen molar-refractivity contribution in [1.82, 2.24) is 4.90 Å². The predicted molar refractivity (Wildman–Crippen MR) is 92.1 cm³/mol. The number of hydrogen-bond acceptors (Lipinski definition) is 3. The molecule has 0 fully saturated rings. The van der Waals surface area contributed by atoms with E-state index in [-0.39, 0.29) is 18.4 Å². The molecule has 0 aromatic heterocycles. The van der Waals surface area contributed by atoms with Gasteiger partial charge in [0.25, 0.3) is 0 Å². The van der Waals surface area contributed by atoms with Crippen LogP contribution in [-0.4, -0.2) is 23.3 Å². The van der Waals surface area contributed by atoms with Crippen LogP contribution < -0.4 is 5.32 Å². The maximum atomic E-state index is 12.2. The van der Waals surface area contributed by atoms with Crippen LogP contribution in [0.3, 0.4) is 0 Å². The fourth-order valence-corrected chi connectivity index (χ4v) is 2.31. The van der Waals surface area contributed by atoms with Gasteiger partial charge in [-0.15, -0.1) is 0 Å². The summed E-state index contributed by atoms with van der Waals surface area (Å²) in [5, 5.41) is 11.6. The number of carbonyl (C=O) groups is 2. The van der Waals surface area contributed by atoms with Gasteiger partial charge in [-0.3, -0.25) is 9.59 Å². The number of rotatable bonds is 5. The molecule has 0 radical (unpaired) electrons. The molecule has 2 amide bonds. The van der Waals surface area contributed by atoms with E-state index in [9.17, 15) is 9.59 Å². The van der Waals surface area contributed by atoms with Crippen molar-refractivity contribution in [3.8, 4) is 6.07 Å². The van der Waals surface area contributed by atoms with Crippen molar-refractivity contribution in [3.63, 3.8) is 0 Å². The quantitative estimate of drug-likeness (QED) is 0.920. The lowest BCUT2D eigenvalue weighted by Crippen LogP contribution is -2.36. The highest BCUT2D eigenvalue weighted by Gasteiger charge is 2.15. The van der Waals surface area contributed by atoms with E-state index >= 15 is 0 Å². The summed E-state index contributed by atoms with van der Waals surface area (Å²) >= 11 is 0. The molecule has 0 aliphatic rings. The minimum atomic E-state index is -0.297. The minimum Gasteiger partial charge on any atom is -0.329 e. The molecule has 24 heavy (non-hydrogen) atoms. The molecule has 0 aliphatic heterocycles. The smallest absolute Gasteiger partial charge is 0.244 e. The fraction of sp³-hybridized carbons (Fsp3) is 0.211. The van der Waals surface area contributed by atoms with Crippen molar-refractivity contribution in [2.75, 3.05) is 11.9 Å². The Labute approximate surface area is 141 Å². The van der Waals surface area contributed by atoms with Crippen molar-refractivity contribution in [2.45, 2.75) is 20.4 Å². The zero-order chi connectivity index (χ0) is 17.5. The molecule has 1 N–H and O–H groups in total. The van der Waals surface area contributed by atoms with E-state index in [1.54, 1.807) is 24.3 Å². The third-order valence-corrected chi connectivity index (χ3v) is 3.68. The summed E-state index contributed by atoms with van der Waals surface area (Å²) in [4.78, 5) is 25.6. The summed E-state index contributed by atoms with van der Waals surface area (Å²) in [6.45, 7) is 3.76. The van der Waals surface area contributed by atoms with Crippen molar-refractivity contribution in [1.29, 1.82) is 5.26 Å². The maximum Gasteiger partial charge on any atom is 0.244 e. The van der Waals surface area contributed by atoms with E-state index in [1.165, 1.54) is 11.8 Å². The molecule has 0 atom stereocenters. The summed E-state index contributed by atoms with van der Waals surface area (Å²) < 4.78 is 0. The second-order valence-electron chi connectivity index (χ2n) is 5.54. The molecule has 122 valence electrons. The molecule has 0 saturated heterocycles. The van der Waals surface area contributed by atoms with Gasteiger partial charge >= 0.3 is 0 Å². The third kappa shape index (κ3) is 4.68. The number of carbonyl (C=O) groups excluding carboxylic acids is 2. The summed E-state index contributed by atoms with van der Waals surface area (Å²) in [6.07, 6.45) is 0. The summed E-state index contributed by atoms with van der Waals surface area (Å²) in [6, 6.07) is 16.4. The molecular formula is C19H19N3O2. The van der Waals surface area contributed by atoms with Crippen LogP contribution >= 0.6 is 0 Å². The van der Waals surface area contributed by atoms with Gasteiger partial charge in [-0.25, -0.2) is 0 Å². The van der Waals surface area contributed by atoms with Crippen molar-refractivity contribution in [2.24, 2.45) is 0 Å². The Kier molecular flexibility index (Phi) is 5.69. The average Bonchev–Trinajstić information content (AvgIpc) is 2.56. The molecule has 0 aliphatic carbocycles. The Morgan fingerprint density at radius 1 is 1.17 bits per heavy atom. The van der Waals surface area contributed by atoms with Gasteiger partial charge < -0.3 is 10.2 Å². The van der Waals surface area contributed by atoms with Crippen LogP contribution in [0, 0.1) is 18.3 Å². The van der Waals surface area contributed by atoms with E-state index in [0.29, 0.717) is 17.8 Å². The molecule has 2 aromatic rings. The number of aryl methyl sites for hydroxylation is 1. The van der Waals surface area contributed by atoms with Gasteiger partial charge in [0.15, 0.2) is 0 Å². The topological polar surface area (TPSA) is 73.2 Å². The molecule has 0 spiro atoms. The first-order valence-corrected chi connectivity index (χ1v) is 7.59. The zero-order valence-corrected chi connectivity index (χ0v) is 13.7. The molecule has 5 heteroatoms. The lowest BCUT2D eigenvalue weighted by molar-refractivity contribution is -0.133. The van der Waals surface area contributed by atoms with E-state index in [1.807, 2.05) is 37.3 Å². The third-order valence-electron chi connectivity index (χ3n) is 3.68. The molecular weight excluding hydrogens is 302 g/mol. The normalized spacial score (nSPS) is 9.88. The van der Waals surface area contributed by atoms with Crippen LogP contribution in [-0.2, 0) is 16.1 Å². The summed E-state index contributed by atoms with van der Waals surface area (Å²) in [5.41, 5.74) is 3.09. The Balaban J connectivity index is 2.05. The second-order valence-corrected chi connectivity index (χ2v) is 5.54. The number of anilines is 1. The lowest BCUT2D eigenvalue weighted by Gasteiger charge is -2.21. The highest BCUT2D eigenvalue weighted by Crippen LogP contribution is 2.12. The number of nitrogens with zero attached hydrogens (tertiary/aromatic N) is 2. The number of nitrogens with one attached hydrogen (secondary N) is 1. The van der Waals surface area contributed by atoms with Gasteiger partial charge in [-0.05, 0) is 36.2 Å². The Bertz CT molecular complexity index is 793. The number of nitriles is 1. The number of benzene rings is 2. The van der Waals surface area contributed by atoms with Crippen LogP contribution in [0.25, 0.3) is 0 Å². The molecule has 0 saturated carbocycles. The van der Waals surface area contributed by atoms with E-state index in [0.717, 1.165) is 11.1 Å². The van der Waals surface area contributed by atoms with Crippen molar-refractivity contribution < 1.29 is 9.59 Å². The Morgan fingerprint density at radius 3 is 2.58 bits per heavy atom. The lowest BCUT2D eigenvalue weighted by atomic mass is 10.1. The highest BCUT2D eigenvalue weighted by atomic mass is 16.2. The van der Waals surface area contributed by atoms with Gasteiger partial charge in [0.05, 0.1) is 11.6 Å². The molecule has 5 nitrogen and oxygen atoms in total. The molecule has 2 rings (SSSR count). The van der Waals surface area contributed by atoms with Crippen LogP contribution in [0.5, 0.6) is 0 Å². The molecule has 0 bridgehead atoms. The molecule has 2 aromatic carbocycles. The highest BCUT2D eigenvalue weighted by molar-refractivity contribution is 5.94. The monoisotopic (exact) mass is 321 g/mol. The maximum absolute atomic E-state index is 12.2. The first-order chi connectivity index (χ1) is 11.5. The second kappa shape index (κ2) is 7.93. The summed E-state index contributed by atoms with van der Waals surface area (Å²) in [5.74, 6) is -0.465. The number of amides is 2. The van der Waals surface area contributed by atoms with Crippen LogP contribution in [0.2, 0.25) is 0 Å². The van der Waals surface area contributed by atoms with Gasteiger partial charge in [0, 0.05) is 19.2 Å². The van der Waals surface area contributed by atoms with Gasteiger partial charge in [0.2, 0.25) is 11.8 Å². The van der Waals surface area contributed by atoms with Crippen LogP contribution in [0.4, 0.5) is 5.69 Å². The van der Waals surface area contributed by atoms with Gasteiger partial charge in [-0.1, -0.05) is 30.3 Å². The SMILES string of the molecule is CC(=O)N(CC(=O)Nc1cccc(C#N)c1)Cc1ccccc1C. The average molecular weight is 321 g/mol. The summed E-state index contributed by atoms with van der Waals surface area (Å²) in [7, 11) is 0. The first-order valence-electron chi connectivity index (χ1n) is 7.59. The molecule has 0 unspecified atom stereocenters. The largest absolute Gasteiger partial charge is 0.329 e. The standard InChI is InChI=1S/C19H19N3O2/c1-14-6-3-4-8-17(14)12-22(15(2)23)13-19(24)21-18-9-5-7-16(10-18)11-20/h3-10H,12-13H2,1-2H3,(H,21,24).